The highest BCUT2D eigenvalue weighted by molar-refractivity contribution is 7.90. The van der Waals surface area contributed by atoms with Gasteiger partial charge >= 0.3 is 12.3 Å². The third-order valence-electron chi connectivity index (χ3n) is 9.88. The van der Waals surface area contributed by atoms with Gasteiger partial charge in [-0.05, 0) is 87.1 Å². The molecule has 288 valence electrons. The van der Waals surface area contributed by atoms with Crippen molar-refractivity contribution < 1.29 is 41.0 Å². The summed E-state index contributed by atoms with van der Waals surface area (Å²) in [7, 11) is -4.45. The molecule has 4 aromatic rings. The number of benzene rings is 1. The van der Waals surface area contributed by atoms with Crippen LogP contribution in [0.15, 0.2) is 78.0 Å². The first-order valence-corrected chi connectivity index (χ1v) is 19.1. The SMILES string of the molecule is CC1(C)CC(C(CCNc2cccc(S(=O)(=O)NC(=O)c3ccc(-n4ccc(OCCC5CC5C(F)(F)F)n4)nc3Cl)n2)c2ccccc2)CN1C(=O)O. The second-order valence-electron chi connectivity index (χ2n) is 14.1. The molecule has 2 fully saturated rings. The number of rotatable bonds is 14. The van der Waals surface area contributed by atoms with Gasteiger partial charge < -0.3 is 20.1 Å². The molecule has 54 heavy (non-hydrogen) atoms. The lowest BCUT2D eigenvalue weighted by molar-refractivity contribution is -0.151. The van der Waals surface area contributed by atoms with E-state index in [-0.39, 0.29) is 59.5 Å². The molecule has 2 amide bonds. The van der Waals surface area contributed by atoms with Gasteiger partial charge in [-0.3, -0.25) is 4.79 Å². The van der Waals surface area contributed by atoms with Gasteiger partial charge in [0.05, 0.1) is 18.1 Å². The average Bonchev–Trinajstić information content (AvgIpc) is 3.63. The maximum absolute atomic E-state index is 13.2. The molecule has 4 atom stereocenters. The maximum atomic E-state index is 13.2. The van der Waals surface area contributed by atoms with E-state index < -0.39 is 50.6 Å². The molecule has 1 saturated carbocycles. The molecule has 1 aliphatic carbocycles. The first-order chi connectivity index (χ1) is 25.5. The van der Waals surface area contributed by atoms with Gasteiger partial charge in [0, 0.05) is 30.9 Å². The minimum atomic E-state index is -4.45. The zero-order valence-electron chi connectivity index (χ0n) is 29.3. The van der Waals surface area contributed by atoms with E-state index in [1.54, 1.807) is 6.07 Å². The number of alkyl halides is 3. The topological polar surface area (TPSA) is 169 Å². The average molecular weight is 790 g/mol. The number of carbonyl (C=O) groups is 2. The number of nitrogens with one attached hydrogen (secondary N) is 2. The molecule has 3 N–H and O–H groups in total. The predicted molar refractivity (Wildman–Crippen MR) is 192 cm³/mol. The summed E-state index contributed by atoms with van der Waals surface area (Å²) in [6.45, 7) is 4.71. The number of sulfonamides is 1. The van der Waals surface area contributed by atoms with Crippen molar-refractivity contribution in [1.29, 1.82) is 0 Å². The molecule has 2 aliphatic rings. The highest BCUT2D eigenvalue weighted by Crippen LogP contribution is 2.51. The molecule has 6 rings (SSSR count). The molecule has 3 aromatic heterocycles. The Kier molecular flexibility index (Phi) is 11.1. The lowest BCUT2D eigenvalue weighted by Crippen LogP contribution is -2.41. The highest BCUT2D eigenvalue weighted by atomic mass is 35.5. The van der Waals surface area contributed by atoms with E-state index in [0.29, 0.717) is 25.9 Å². The van der Waals surface area contributed by atoms with Crippen LogP contribution in [0, 0.1) is 17.8 Å². The molecular weight excluding hydrogens is 751 g/mol. The summed E-state index contributed by atoms with van der Waals surface area (Å²) in [6, 6.07) is 18.3. The number of amides is 2. The Labute approximate surface area is 314 Å². The molecule has 1 aliphatic heterocycles. The Morgan fingerprint density at radius 1 is 1.07 bits per heavy atom. The van der Waals surface area contributed by atoms with E-state index in [4.69, 9.17) is 16.3 Å². The monoisotopic (exact) mass is 789 g/mol. The number of aromatic nitrogens is 4. The maximum Gasteiger partial charge on any atom is 0.407 e. The minimum Gasteiger partial charge on any atom is -0.477 e. The van der Waals surface area contributed by atoms with Crippen LogP contribution in [0.2, 0.25) is 5.15 Å². The number of likely N-dealkylation sites (tertiary alicyclic amines) is 1. The third-order valence-corrected chi connectivity index (χ3v) is 11.4. The van der Waals surface area contributed by atoms with E-state index in [9.17, 15) is 36.3 Å². The largest absolute Gasteiger partial charge is 0.477 e. The molecule has 4 unspecified atom stereocenters. The van der Waals surface area contributed by atoms with Crippen molar-refractivity contribution in [3.8, 4) is 11.7 Å². The smallest absolute Gasteiger partial charge is 0.407 e. The summed E-state index contributed by atoms with van der Waals surface area (Å²) in [6.07, 6.45) is -2.01. The van der Waals surface area contributed by atoms with Crippen LogP contribution in [0.25, 0.3) is 5.82 Å². The quantitative estimate of drug-likeness (QED) is 0.116. The van der Waals surface area contributed by atoms with Crippen molar-refractivity contribution in [1.82, 2.24) is 29.4 Å². The van der Waals surface area contributed by atoms with Gasteiger partial charge in [0.25, 0.3) is 15.9 Å². The number of anilines is 1. The standard InChI is InChI=1S/C36H39ClF3N7O6S/c1-35(2)20-24(21-46(35)34(49)50)25(22-7-4-3-5-8-22)13-16-41-28-9-6-10-31(42-28)54(51,52)45-33(48)26-11-12-29(43-32(26)37)47-17-14-30(44-47)53-18-15-23-19-27(23)36(38,39)40/h3-12,14,17,23-25,27H,13,15-16,18-21H2,1-2H3,(H,41,42)(H,45,48)(H,49,50). The fourth-order valence-electron chi connectivity index (χ4n) is 7.04. The van der Waals surface area contributed by atoms with Gasteiger partial charge in [0.1, 0.15) is 11.0 Å². The zero-order chi connectivity index (χ0) is 38.8. The lowest BCUT2D eigenvalue weighted by Gasteiger charge is -2.28. The van der Waals surface area contributed by atoms with Gasteiger partial charge in [-0.1, -0.05) is 48.0 Å². The van der Waals surface area contributed by atoms with E-state index >= 15 is 0 Å². The number of nitrogens with zero attached hydrogens (tertiary/aromatic N) is 5. The minimum absolute atomic E-state index is 0.0249. The third kappa shape index (κ3) is 9.06. The van der Waals surface area contributed by atoms with Crippen LogP contribution in [0.1, 0.15) is 61.4 Å². The second kappa shape index (κ2) is 15.5. The molecule has 0 spiro atoms. The van der Waals surface area contributed by atoms with E-state index in [0.717, 1.165) is 5.56 Å². The van der Waals surface area contributed by atoms with Gasteiger partial charge in [-0.25, -0.2) is 24.2 Å². The number of carbonyl (C=O) groups excluding carboxylic acids is 1. The van der Waals surface area contributed by atoms with Crippen molar-refractivity contribution in [2.75, 3.05) is 25.0 Å². The molecule has 18 heteroatoms. The Morgan fingerprint density at radius 2 is 1.83 bits per heavy atom. The second-order valence-corrected chi connectivity index (χ2v) is 16.1. The van der Waals surface area contributed by atoms with Crippen LogP contribution in [-0.4, -0.2) is 81.6 Å². The Bertz CT molecular complexity index is 2100. The van der Waals surface area contributed by atoms with Crippen LogP contribution in [0.5, 0.6) is 5.88 Å². The van der Waals surface area contributed by atoms with E-state index in [2.05, 4.69) is 20.4 Å². The van der Waals surface area contributed by atoms with E-state index in [1.165, 1.54) is 46.1 Å². The van der Waals surface area contributed by atoms with Crippen LogP contribution in [0.3, 0.4) is 0 Å². The molecule has 4 heterocycles. The molecule has 1 saturated heterocycles. The summed E-state index contributed by atoms with van der Waals surface area (Å²) in [5.41, 5.74) is 0.340. The van der Waals surface area contributed by atoms with Crippen LogP contribution in [-0.2, 0) is 10.0 Å². The van der Waals surface area contributed by atoms with Crippen molar-refractivity contribution >= 4 is 39.4 Å². The first-order valence-electron chi connectivity index (χ1n) is 17.3. The van der Waals surface area contributed by atoms with Crippen molar-refractivity contribution in [3.05, 3.63) is 89.2 Å². The number of carboxylic acid groups (broad SMARTS) is 1. The predicted octanol–water partition coefficient (Wildman–Crippen LogP) is 6.77. The van der Waals surface area contributed by atoms with Crippen molar-refractivity contribution in [3.63, 3.8) is 0 Å². The molecular formula is C36H39ClF3N7O6S. The van der Waals surface area contributed by atoms with Crippen LogP contribution >= 0.6 is 11.6 Å². The number of halogens is 4. The first kappa shape index (κ1) is 38.8. The van der Waals surface area contributed by atoms with Crippen molar-refractivity contribution in [2.45, 2.75) is 62.2 Å². The Hall–Kier alpha value is -4.90. The Balaban J connectivity index is 1.05. The Morgan fingerprint density at radius 3 is 2.50 bits per heavy atom. The van der Waals surface area contributed by atoms with Crippen LogP contribution < -0.4 is 14.8 Å². The number of ether oxygens (including phenoxy) is 1. The fraction of sp³-hybridized carbons (Fsp3) is 0.417. The van der Waals surface area contributed by atoms with E-state index in [1.807, 2.05) is 48.9 Å². The summed E-state index contributed by atoms with van der Waals surface area (Å²) < 4.78 is 73.5. The zero-order valence-corrected chi connectivity index (χ0v) is 30.9. The number of pyridine rings is 2. The molecule has 0 bridgehead atoms. The summed E-state index contributed by atoms with van der Waals surface area (Å²) >= 11 is 6.28. The lowest BCUT2D eigenvalue weighted by atomic mass is 9.80. The van der Waals surface area contributed by atoms with Crippen molar-refractivity contribution in [2.24, 2.45) is 17.8 Å². The normalized spacial score (nSPS) is 20.0. The highest BCUT2D eigenvalue weighted by Gasteiger charge is 2.55. The molecule has 1 aromatic carbocycles. The summed E-state index contributed by atoms with van der Waals surface area (Å²) in [5, 5.41) is 16.4. The van der Waals surface area contributed by atoms with Gasteiger partial charge in [0.2, 0.25) is 5.88 Å². The number of hydrogen-bond acceptors (Lipinski definition) is 9. The van der Waals surface area contributed by atoms with Gasteiger partial charge in [-0.2, -0.15) is 21.6 Å². The van der Waals surface area contributed by atoms with Crippen LogP contribution in [0.4, 0.5) is 23.8 Å². The number of hydrogen-bond donors (Lipinski definition) is 3. The summed E-state index contributed by atoms with van der Waals surface area (Å²) in [4.78, 5) is 34.8. The summed E-state index contributed by atoms with van der Waals surface area (Å²) in [5.74, 6) is -2.08. The fourth-order valence-corrected chi connectivity index (χ4v) is 8.21. The van der Waals surface area contributed by atoms with Gasteiger partial charge in [-0.15, -0.1) is 5.10 Å². The molecule has 13 nitrogen and oxygen atoms in total. The van der Waals surface area contributed by atoms with Gasteiger partial charge in [0.15, 0.2) is 10.8 Å². The molecule has 0 radical (unpaired) electrons.